The molecule has 1 rings (SSSR count). The molecule has 4 heteroatoms. The largest absolute Gasteiger partial charge is 0.469 e. The summed E-state index contributed by atoms with van der Waals surface area (Å²) >= 11 is 0. The van der Waals surface area contributed by atoms with Crippen LogP contribution in [0.15, 0.2) is 0 Å². The van der Waals surface area contributed by atoms with Crippen molar-refractivity contribution in [1.82, 2.24) is 0 Å². The predicted octanol–water partition coefficient (Wildman–Crippen LogP) is 2.62. The van der Waals surface area contributed by atoms with Crippen LogP contribution in [0, 0.1) is 11.8 Å². The Morgan fingerprint density at radius 2 is 1.93 bits per heavy atom. The Bertz CT molecular complexity index is 206. The van der Waals surface area contributed by atoms with Gasteiger partial charge in [-0.25, -0.2) is 8.78 Å². The van der Waals surface area contributed by atoms with Crippen molar-refractivity contribution in [3.05, 3.63) is 0 Å². The zero-order valence-electron chi connectivity index (χ0n) is 8.56. The fourth-order valence-corrected chi connectivity index (χ4v) is 1.94. The minimum atomic E-state index is -2.52. The van der Waals surface area contributed by atoms with Crippen LogP contribution >= 0.6 is 0 Å². The average molecular weight is 206 g/mol. The van der Waals surface area contributed by atoms with Gasteiger partial charge in [-0.05, 0) is 18.8 Å². The lowest BCUT2D eigenvalue weighted by atomic mass is 9.79. The number of methoxy groups -OCH3 is 1. The zero-order valence-corrected chi connectivity index (χ0v) is 8.56. The molecule has 1 unspecified atom stereocenters. The molecule has 14 heavy (non-hydrogen) atoms. The molecule has 0 radical (unpaired) electrons. The Labute approximate surface area is 82.6 Å². The van der Waals surface area contributed by atoms with Crippen LogP contribution in [0.4, 0.5) is 8.78 Å². The van der Waals surface area contributed by atoms with Crippen molar-refractivity contribution in [3.8, 4) is 0 Å². The van der Waals surface area contributed by atoms with Crippen LogP contribution in [-0.4, -0.2) is 19.0 Å². The van der Waals surface area contributed by atoms with Crippen LogP contribution in [0.3, 0.4) is 0 Å². The Balaban J connectivity index is 2.45. The number of hydrogen-bond acceptors (Lipinski definition) is 2. The monoisotopic (exact) mass is 206 g/mol. The molecule has 0 spiro atoms. The summed E-state index contributed by atoms with van der Waals surface area (Å²) in [4.78, 5) is 11.2. The lowest BCUT2D eigenvalue weighted by Crippen LogP contribution is -2.31. The van der Waals surface area contributed by atoms with E-state index in [2.05, 4.69) is 4.74 Å². The Morgan fingerprint density at radius 1 is 1.43 bits per heavy atom. The van der Waals surface area contributed by atoms with Gasteiger partial charge in [0.15, 0.2) is 0 Å². The van der Waals surface area contributed by atoms with Crippen molar-refractivity contribution in [2.24, 2.45) is 11.8 Å². The highest BCUT2D eigenvalue weighted by Crippen LogP contribution is 2.39. The standard InChI is InChI=1S/C10H16F2O2/c1-7(9(13)14-2)8-3-5-10(11,12)6-4-8/h7-8H,3-6H2,1-2H3. The number of halogens is 2. The molecule has 1 aliphatic carbocycles. The van der Waals surface area contributed by atoms with Crippen molar-refractivity contribution >= 4 is 5.97 Å². The van der Waals surface area contributed by atoms with Gasteiger partial charge in [-0.1, -0.05) is 6.92 Å². The molecule has 82 valence electrons. The van der Waals surface area contributed by atoms with Crippen LogP contribution in [0.25, 0.3) is 0 Å². The summed E-state index contributed by atoms with van der Waals surface area (Å²) in [5.74, 6) is -3.01. The molecule has 0 heterocycles. The lowest BCUT2D eigenvalue weighted by Gasteiger charge is -2.30. The van der Waals surface area contributed by atoms with E-state index < -0.39 is 5.92 Å². The Morgan fingerprint density at radius 3 is 2.36 bits per heavy atom. The first-order valence-corrected chi connectivity index (χ1v) is 4.92. The molecule has 0 bridgehead atoms. The van der Waals surface area contributed by atoms with E-state index in [1.807, 2.05) is 0 Å². The van der Waals surface area contributed by atoms with Gasteiger partial charge in [0.2, 0.25) is 5.92 Å². The second kappa shape index (κ2) is 4.24. The van der Waals surface area contributed by atoms with Crippen LogP contribution < -0.4 is 0 Å². The maximum atomic E-state index is 12.8. The summed E-state index contributed by atoms with van der Waals surface area (Å²) < 4.78 is 30.2. The van der Waals surface area contributed by atoms with E-state index in [4.69, 9.17) is 0 Å². The average Bonchev–Trinajstić information content (AvgIpc) is 2.15. The third kappa shape index (κ3) is 2.66. The molecule has 0 aromatic carbocycles. The van der Waals surface area contributed by atoms with Crippen LogP contribution in [0.1, 0.15) is 32.6 Å². The van der Waals surface area contributed by atoms with Gasteiger partial charge in [-0.15, -0.1) is 0 Å². The van der Waals surface area contributed by atoms with Gasteiger partial charge in [-0.2, -0.15) is 0 Å². The smallest absolute Gasteiger partial charge is 0.308 e. The van der Waals surface area contributed by atoms with Crippen molar-refractivity contribution in [2.45, 2.75) is 38.5 Å². The van der Waals surface area contributed by atoms with Crippen LogP contribution in [0.5, 0.6) is 0 Å². The summed E-state index contributed by atoms with van der Waals surface area (Å²) in [5, 5.41) is 0. The Kier molecular flexibility index (Phi) is 3.45. The number of ether oxygens (including phenoxy) is 1. The van der Waals surface area contributed by atoms with E-state index in [9.17, 15) is 13.6 Å². The maximum Gasteiger partial charge on any atom is 0.308 e. The molecule has 0 amide bonds. The second-order valence-corrected chi connectivity index (χ2v) is 4.01. The van der Waals surface area contributed by atoms with Gasteiger partial charge in [0, 0.05) is 12.8 Å². The molecular formula is C10H16F2O2. The van der Waals surface area contributed by atoms with Gasteiger partial charge in [0.25, 0.3) is 0 Å². The van der Waals surface area contributed by atoms with E-state index in [0.29, 0.717) is 12.8 Å². The molecule has 1 atom stereocenters. The van der Waals surface area contributed by atoms with Crippen LogP contribution in [-0.2, 0) is 9.53 Å². The summed E-state index contributed by atoms with van der Waals surface area (Å²) in [7, 11) is 1.33. The first kappa shape index (κ1) is 11.4. The molecule has 1 saturated carbocycles. The molecule has 1 fully saturated rings. The first-order chi connectivity index (χ1) is 6.46. The molecule has 0 aromatic rings. The van der Waals surface area contributed by atoms with E-state index in [-0.39, 0.29) is 30.6 Å². The molecular weight excluding hydrogens is 190 g/mol. The summed E-state index contributed by atoms with van der Waals surface area (Å²) in [6, 6.07) is 0. The number of hydrogen-bond donors (Lipinski definition) is 0. The van der Waals surface area contributed by atoms with Gasteiger partial charge in [0.05, 0.1) is 13.0 Å². The van der Waals surface area contributed by atoms with E-state index in [1.165, 1.54) is 7.11 Å². The molecule has 0 N–H and O–H groups in total. The third-order valence-corrected chi connectivity index (χ3v) is 3.04. The number of carbonyl (C=O) groups excluding carboxylic acids is 1. The second-order valence-electron chi connectivity index (χ2n) is 4.01. The quantitative estimate of drug-likeness (QED) is 0.649. The van der Waals surface area contributed by atoms with Crippen molar-refractivity contribution in [2.75, 3.05) is 7.11 Å². The highest BCUT2D eigenvalue weighted by atomic mass is 19.3. The van der Waals surface area contributed by atoms with E-state index in [0.717, 1.165) is 0 Å². The van der Waals surface area contributed by atoms with Gasteiger partial charge >= 0.3 is 5.97 Å². The van der Waals surface area contributed by atoms with Crippen molar-refractivity contribution in [1.29, 1.82) is 0 Å². The fourth-order valence-electron chi connectivity index (χ4n) is 1.94. The number of alkyl halides is 2. The molecule has 1 aliphatic rings. The zero-order chi connectivity index (χ0) is 10.8. The van der Waals surface area contributed by atoms with Gasteiger partial charge in [0.1, 0.15) is 0 Å². The topological polar surface area (TPSA) is 26.3 Å². The third-order valence-electron chi connectivity index (χ3n) is 3.04. The van der Waals surface area contributed by atoms with Crippen LogP contribution in [0.2, 0.25) is 0 Å². The minimum absolute atomic E-state index is 0.0575. The molecule has 0 aliphatic heterocycles. The van der Waals surface area contributed by atoms with Crippen molar-refractivity contribution < 1.29 is 18.3 Å². The Hall–Kier alpha value is -0.670. The maximum absolute atomic E-state index is 12.8. The predicted molar refractivity (Wildman–Crippen MR) is 48.1 cm³/mol. The van der Waals surface area contributed by atoms with Crippen molar-refractivity contribution in [3.63, 3.8) is 0 Å². The number of esters is 1. The molecule has 0 saturated heterocycles. The SMILES string of the molecule is COC(=O)C(C)C1CCC(F)(F)CC1. The minimum Gasteiger partial charge on any atom is -0.469 e. The number of carbonyl (C=O) groups is 1. The fraction of sp³-hybridized carbons (Fsp3) is 0.900. The highest BCUT2D eigenvalue weighted by Gasteiger charge is 2.38. The van der Waals surface area contributed by atoms with Gasteiger partial charge < -0.3 is 4.74 Å². The normalized spacial score (nSPS) is 24.3. The molecule has 0 aromatic heterocycles. The molecule has 2 nitrogen and oxygen atoms in total. The summed E-state index contributed by atoms with van der Waals surface area (Å²) in [6.45, 7) is 1.75. The summed E-state index contributed by atoms with van der Waals surface area (Å²) in [6.07, 6.45) is 0.643. The lowest BCUT2D eigenvalue weighted by molar-refractivity contribution is -0.148. The highest BCUT2D eigenvalue weighted by molar-refractivity contribution is 5.72. The van der Waals surface area contributed by atoms with Gasteiger partial charge in [-0.3, -0.25) is 4.79 Å². The first-order valence-electron chi connectivity index (χ1n) is 4.92. The summed E-state index contributed by atoms with van der Waals surface area (Å²) in [5.41, 5.74) is 0. The van der Waals surface area contributed by atoms with E-state index >= 15 is 0 Å². The van der Waals surface area contributed by atoms with E-state index in [1.54, 1.807) is 6.92 Å². The number of rotatable bonds is 2.